The van der Waals surface area contributed by atoms with Crippen molar-refractivity contribution >= 4 is 5.97 Å². The second kappa shape index (κ2) is 6.39. The molecule has 1 aliphatic rings. The molecule has 3 heteroatoms. The van der Waals surface area contributed by atoms with Crippen molar-refractivity contribution in [2.24, 2.45) is 5.92 Å². The van der Waals surface area contributed by atoms with Gasteiger partial charge in [0, 0.05) is 6.04 Å². The zero-order chi connectivity index (χ0) is 12.9. The van der Waals surface area contributed by atoms with E-state index >= 15 is 0 Å². The molecule has 0 radical (unpaired) electrons. The van der Waals surface area contributed by atoms with Crippen molar-refractivity contribution in [3.05, 3.63) is 0 Å². The number of esters is 1. The van der Waals surface area contributed by atoms with E-state index in [9.17, 15) is 4.79 Å². The number of hydrogen-bond acceptors (Lipinski definition) is 3. The van der Waals surface area contributed by atoms with E-state index in [4.69, 9.17) is 4.74 Å². The molecule has 1 unspecified atom stereocenters. The summed E-state index contributed by atoms with van der Waals surface area (Å²) in [5.41, 5.74) is -0.509. The van der Waals surface area contributed by atoms with Gasteiger partial charge in [-0.05, 0) is 46.5 Å². The van der Waals surface area contributed by atoms with Crippen LogP contribution in [0.2, 0.25) is 0 Å². The first-order valence-electron chi connectivity index (χ1n) is 6.95. The predicted octanol–water partition coefficient (Wildman–Crippen LogP) is 2.89. The maximum atomic E-state index is 12.2. The van der Waals surface area contributed by atoms with E-state index in [1.54, 1.807) is 0 Å². The zero-order valence-electron chi connectivity index (χ0n) is 11.7. The van der Waals surface area contributed by atoms with Crippen molar-refractivity contribution in [1.29, 1.82) is 0 Å². The summed E-state index contributed by atoms with van der Waals surface area (Å²) >= 11 is 0. The molecule has 0 amide bonds. The highest BCUT2D eigenvalue weighted by Crippen LogP contribution is 2.33. The molecule has 1 fully saturated rings. The fourth-order valence-corrected chi connectivity index (χ4v) is 2.90. The Morgan fingerprint density at radius 2 is 1.94 bits per heavy atom. The van der Waals surface area contributed by atoms with Gasteiger partial charge in [-0.1, -0.05) is 19.3 Å². The van der Waals surface area contributed by atoms with Gasteiger partial charge < -0.3 is 4.74 Å². The Balaban J connectivity index is 2.79. The molecule has 0 aromatic carbocycles. The van der Waals surface area contributed by atoms with E-state index in [1.165, 1.54) is 19.3 Å². The van der Waals surface area contributed by atoms with Crippen molar-refractivity contribution in [3.8, 4) is 0 Å². The van der Waals surface area contributed by atoms with Crippen LogP contribution in [-0.2, 0) is 9.53 Å². The molecule has 0 bridgehead atoms. The molecule has 0 aliphatic heterocycles. The summed E-state index contributed by atoms with van der Waals surface area (Å²) in [5, 5.41) is 3.44. The second-order valence-corrected chi connectivity index (χ2v) is 5.56. The molecule has 0 aromatic heterocycles. The minimum Gasteiger partial charge on any atom is -0.465 e. The molecule has 0 heterocycles. The molecule has 1 N–H and O–H groups in total. The van der Waals surface area contributed by atoms with Crippen LogP contribution in [0.1, 0.15) is 59.8 Å². The molecule has 0 spiro atoms. The monoisotopic (exact) mass is 241 g/mol. The average molecular weight is 241 g/mol. The van der Waals surface area contributed by atoms with E-state index in [-0.39, 0.29) is 5.97 Å². The molecular weight excluding hydrogens is 214 g/mol. The van der Waals surface area contributed by atoms with Crippen LogP contribution in [0.5, 0.6) is 0 Å². The molecule has 0 aromatic rings. The van der Waals surface area contributed by atoms with Crippen molar-refractivity contribution in [1.82, 2.24) is 5.32 Å². The summed E-state index contributed by atoms with van der Waals surface area (Å²) in [5.74, 6) is 0.332. The Hall–Kier alpha value is -0.570. The fourth-order valence-electron chi connectivity index (χ4n) is 2.90. The minimum absolute atomic E-state index is 0.0828. The molecule has 100 valence electrons. The van der Waals surface area contributed by atoms with E-state index in [0.717, 1.165) is 12.8 Å². The van der Waals surface area contributed by atoms with Gasteiger partial charge in [0.15, 0.2) is 0 Å². The van der Waals surface area contributed by atoms with Crippen LogP contribution in [0.3, 0.4) is 0 Å². The second-order valence-electron chi connectivity index (χ2n) is 5.56. The summed E-state index contributed by atoms with van der Waals surface area (Å²) < 4.78 is 5.26. The lowest BCUT2D eigenvalue weighted by Crippen LogP contribution is -2.58. The van der Waals surface area contributed by atoms with E-state index in [1.807, 2.05) is 13.8 Å². The number of nitrogens with one attached hydrogen (secondary N) is 1. The summed E-state index contributed by atoms with van der Waals surface area (Å²) in [6.45, 7) is 8.51. The van der Waals surface area contributed by atoms with Gasteiger partial charge in [0.25, 0.3) is 0 Å². The molecule has 17 heavy (non-hydrogen) atoms. The highest BCUT2D eigenvalue weighted by atomic mass is 16.5. The van der Waals surface area contributed by atoms with Gasteiger partial charge in [0.2, 0.25) is 0 Å². The van der Waals surface area contributed by atoms with Crippen LogP contribution in [0, 0.1) is 5.92 Å². The van der Waals surface area contributed by atoms with Crippen molar-refractivity contribution < 1.29 is 9.53 Å². The van der Waals surface area contributed by atoms with Crippen LogP contribution in [0.4, 0.5) is 0 Å². The van der Waals surface area contributed by atoms with E-state index in [2.05, 4.69) is 19.2 Å². The molecule has 1 aliphatic carbocycles. The van der Waals surface area contributed by atoms with Gasteiger partial charge in [0.1, 0.15) is 5.54 Å². The van der Waals surface area contributed by atoms with Crippen LogP contribution < -0.4 is 5.32 Å². The average Bonchev–Trinajstić information content (AvgIpc) is 2.29. The number of carbonyl (C=O) groups excluding carboxylic acids is 1. The number of carbonyl (C=O) groups is 1. The van der Waals surface area contributed by atoms with E-state index < -0.39 is 5.54 Å². The zero-order valence-corrected chi connectivity index (χ0v) is 11.7. The van der Waals surface area contributed by atoms with Crippen LogP contribution in [-0.4, -0.2) is 24.2 Å². The fraction of sp³-hybridized carbons (Fsp3) is 0.929. The molecular formula is C14H27NO2. The van der Waals surface area contributed by atoms with Gasteiger partial charge in [0.05, 0.1) is 6.61 Å². The topological polar surface area (TPSA) is 38.3 Å². The van der Waals surface area contributed by atoms with E-state index in [0.29, 0.717) is 18.6 Å². The minimum atomic E-state index is -0.509. The Morgan fingerprint density at radius 1 is 1.35 bits per heavy atom. The van der Waals surface area contributed by atoms with Crippen LogP contribution in [0.25, 0.3) is 0 Å². The SMILES string of the molecule is CCOC(=O)C(C)(NC(C)C)C1CCCCC1. The third kappa shape index (κ3) is 3.70. The smallest absolute Gasteiger partial charge is 0.326 e. The quantitative estimate of drug-likeness (QED) is 0.752. The number of rotatable bonds is 5. The Kier molecular flexibility index (Phi) is 5.44. The summed E-state index contributed by atoms with van der Waals surface area (Å²) in [6, 6.07) is 0.298. The Morgan fingerprint density at radius 3 is 2.41 bits per heavy atom. The van der Waals surface area contributed by atoms with Crippen LogP contribution in [0.15, 0.2) is 0 Å². The summed E-state index contributed by atoms with van der Waals surface area (Å²) in [7, 11) is 0. The molecule has 1 rings (SSSR count). The molecule has 3 nitrogen and oxygen atoms in total. The van der Waals surface area contributed by atoms with Gasteiger partial charge >= 0.3 is 5.97 Å². The highest BCUT2D eigenvalue weighted by molar-refractivity contribution is 5.80. The number of hydrogen-bond donors (Lipinski definition) is 1. The van der Waals surface area contributed by atoms with Crippen molar-refractivity contribution in [2.45, 2.75) is 71.4 Å². The largest absolute Gasteiger partial charge is 0.465 e. The van der Waals surface area contributed by atoms with Gasteiger partial charge in [-0.3, -0.25) is 10.1 Å². The first kappa shape index (κ1) is 14.5. The van der Waals surface area contributed by atoms with Crippen molar-refractivity contribution in [3.63, 3.8) is 0 Å². The normalized spacial score (nSPS) is 21.2. The highest BCUT2D eigenvalue weighted by Gasteiger charge is 2.42. The van der Waals surface area contributed by atoms with Gasteiger partial charge in [-0.2, -0.15) is 0 Å². The van der Waals surface area contributed by atoms with Crippen molar-refractivity contribution in [2.75, 3.05) is 6.61 Å². The Labute approximate surface area is 105 Å². The lowest BCUT2D eigenvalue weighted by atomic mass is 9.75. The van der Waals surface area contributed by atoms with Gasteiger partial charge in [-0.25, -0.2) is 0 Å². The maximum absolute atomic E-state index is 12.2. The summed E-state index contributed by atoms with van der Waals surface area (Å²) in [4.78, 5) is 12.2. The molecule has 0 saturated heterocycles. The Bertz CT molecular complexity index is 247. The molecule has 1 atom stereocenters. The van der Waals surface area contributed by atoms with Gasteiger partial charge in [-0.15, -0.1) is 0 Å². The third-order valence-corrected chi connectivity index (χ3v) is 3.71. The lowest BCUT2D eigenvalue weighted by Gasteiger charge is -2.39. The maximum Gasteiger partial charge on any atom is 0.326 e. The predicted molar refractivity (Wildman–Crippen MR) is 69.9 cm³/mol. The number of ether oxygens (including phenoxy) is 1. The van der Waals surface area contributed by atoms with Crippen LogP contribution >= 0.6 is 0 Å². The lowest BCUT2D eigenvalue weighted by molar-refractivity contribution is -0.154. The third-order valence-electron chi connectivity index (χ3n) is 3.71. The molecule has 1 saturated carbocycles. The first-order chi connectivity index (χ1) is 8.00. The first-order valence-corrected chi connectivity index (χ1v) is 6.95. The standard InChI is InChI=1S/C14H27NO2/c1-5-17-13(16)14(4,15-11(2)3)12-9-7-6-8-10-12/h11-12,15H,5-10H2,1-4H3. The summed E-state index contributed by atoms with van der Waals surface area (Å²) in [6.07, 6.45) is 6.04.